The predicted octanol–water partition coefficient (Wildman–Crippen LogP) is 1.26. The number of anilines is 1. The Labute approximate surface area is 118 Å². The minimum atomic E-state index is -3.62. The van der Waals surface area contributed by atoms with E-state index >= 15 is 0 Å². The van der Waals surface area contributed by atoms with Crippen molar-refractivity contribution in [3.8, 4) is 0 Å². The zero-order valence-corrected chi connectivity index (χ0v) is 12.3. The van der Waals surface area contributed by atoms with Crippen LogP contribution in [-0.4, -0.2) is 24.7 Å². The van der Waals surface area contributed by atoms with Crippen molar-refractivity contribution in [1.29, 1.82) is 0 Å². The van der Waals surface area contributed by atoms with Gasteiger partial charge in [0.1, 0.15) is 4.90 Å². The van der Waals surface area contributed by atoms with Gasteiger partial charge in [0.25, 0.3) is 10.0 Å². The van der Waals surface area contributed by atoms with Crippen molar-refractivity contribution in [2.45, 2.75) is 25.3 Å². The Hall–Kier alpha value is -1.86. The Morgan fingerprint density at radius 1 is 1.35 bits per heavy atom. The topological polar surface area (TPSA) is 90.0 Å². The molecule has 0 fully saturated rings. The van der Waals surface area contributed by atoms with Crippen molar-refractivity contribution in [3.63, 3.8) is 0 Å². The summed E-state index contributed by atoms with van der Waals surface area (Å²) in [5, 5.41) is 3.97. The van der Waals surface area contributed by atoms with E-state index in [1.165, 1.54) is 17.1 Å². The fraction of sp³-hybridized carbons (Fsp3) is 0.308. The largest absolute Gasteiger partial charge is 0.329 e. The fourth-order valence-corrected chi connectivity index (χ4v) is 2.86. The number of hydrogen-bond donors (Lipinski definition) is 2. The molecule has 0 spiro atoms. The zero-order chi connectivity index (χ0) is 14.8. The molecule has 3 N–H and O–H groups in total. The van der Waals surface area contributed by atoms with Gasteiger partial charge in [-0.3, -0.25) is 9.40 Å². The lowest BCUT2D eigenvalue weighted by atomic mass is 10.1. The average Bonchev–Trinajstić information content (AvgIpc) is 2.83. The number of nitrogens with zero attached hydrogens (tertiary/aromatic N) is 2. The molecule has 1 aromatic heterocycles. The van der Waals surface area contributed by atoms with E-state index in [-0.39, 0.29) is 4.90 Å². The molecule has 0 unspecified atom stereocenters. The van der Waals surface area contributed by atoms with Crippen molar-refractivity contribution < 1.29 is 8.42 Å². The SMILES string of the molecule is Cc1ccc(C)c(NS(=O)(=O)c2cnn(CCN)c2)c1. The molecule has 1 heterocycles. The van der Waals surface area contributed by atoms with Crippen LogP contribution in [0, 0.1) is 13.8 Å². The quantitative estimate of drug-likeness (QED) is 0.868. The number of sulfonamides is 1. The fourth-order valence-electron chi connectivity index (χ4n) is 1.79. The first-order valence-corrected chi connectivity index (χ1v) is 7.73. The first-order chi connectivity index (χ1) is 9.42. The summed E-state index contributed by atoms with van der Waals surface area (Å²) in [7, 11) is -3.62. The Kier molecular flexibility index (Phi) is 4.10. The van der Waals surface area contributed by atoms with Crippen molar-refractivity contribution in [2.75, 3.05) is 11.3 Å². The lowest BCUT2D eigenvalue weighted by Gasteiger charge is -2.10. The van der Waals surface area contributed by atoms with Crippen molar-refractivity contribution in [3.05, 3.63) is 41.7 Å². The van der Waals surface area contributed by atoms with Gasteiger partial charge in [0, 0.05) is 12.7 Å². The van der Waals surface area contributed by atoms with Crippen molar-refractivity contribution >= 4 is 15.7 Å². The van der Waals surface area contributed by atoms with Gasteiger partial charge in [-0.25, -0.2) is 8.42 Å². The molecule has 0 saturated carbocycles. The second-order valence-corrected chi connectivity index (χ2v) is 6.33. The molecule has 0 aliphatic carbocycles. The third-order valence-corrected chi connectivity index (χ3v) is 4.24. The van der Waals surface area contributed by atoms with Crippen molar-refractivity contribution in [1.82, 2.24) is 9.78 Å². The highest BCUT2D eigenvalue weighted by atomic mass is 32.2. The van der Waals surface area contributed by atoms with Crippen LogP contribution in [0.15, 0.2) is 35.5 Å². The van der Waals surface area contributed by atoms with Crippen LogP contribution < -0.4 is 10.5 Å². The Balaban J connectivity index is 2.28. The third kappa shape index (κ3) is 3.17. The minimum Gasteiger partial charge on any atom is -0.329 e. The summed E-state index contributed by atoms with van der Waals surface area (Å²) in [5.41, 5.74) is 7.85. The van der Waals surface area contributed by atoms with Crippen LogP contribution in [0.25, 0.3) is 0 Å². The molecule has 0 bridgehead atoms. The highest BCUT2D eigenvalue weighted by molar-refractivity contribution is 7.92. The van der Waals surface area contributed by atoms with Gasteiger partial charge in [0.15, 0.2) is 0 Å². The van der Waals surface area contributed by atoms with Crippen molar-refractivity contribution in [2.24, 2.45) is 5.73 Å². The van der Waals surface area contributed by atoms with Gasteiger partial charge in [-0.2, -0.15) is 5.10 Å². The Morgan fingerprint density at radius 2 is 2.10 bits per heavy atom. The van der Waals surface area contributed by atoms with Crippen LogP contribution in [0.1, 0.15) is 11.1 Å². The number of aryl methyl sites for hydroxylation is 2. The molecule has 1 aromatic carbocycles. The van der Waals surface area contributed by atoms with Gasteiger partial charge >= 0.3 is 0 Å². The molecule has 0 aliphatic heterocycles. The van der Waals surface area contributed by atoms with Crippen LogP contribution >= 0.6 is 0 Å². The van der Waals surface area contributed by atoms with E-state index in [0.717, 1.165) is 11.1 Å². The molecule has 0 radical (unpaired) electrons. The lowest BCUT2D eigenvalue weighted by Crippen LogP contribution is -2.14. The van der Waals surface area contributed by atoms with E-state index in [2.05, 4.69) is 9.82 Å². The third-order valence-electron chi connectivity index (χ3n) is 2.92. The average molecular weight is 294 g/mol. The smallest absolute Gasteiger partial charge is 0.265 e. The summed E-state index contributed by atoms with van der Waals surface area (Å²) in [6.45, 7) is 4.66. The van der Waals surface area contributed by atoms with Gasteiger partial charge in [-0.15, -0.1) is 0 Å². The number of benzene rings is 1. The van der Waals surface area contributed by atoms with E-state index in [4.69, 9.17) is 5.73 Å². The van der Waals surface area contributed by atoms with Crippen LogP contribution in [0.5, 0.6) is 0 Å². The minimum absolute atomic E-state index is 0.131. The number of aromatic nitrogens is 2. The first-order valence-electron chi connectivity index (χ1n) is 6.25. The second kappa shape index (κ2) is 5.64. The normalized spacial score (nSPS) is 11.6. The Bertz CT molecular complexity index is 707. The Morgan fingerprint density at radius 3 is 2.80 bits per heavy atom. The molecule has 0 saturated heterocycles. The van der Waals surface area contributed by atoms with E-state index in [1.807, 2.05) is 26.0 Å². The summed E-state index contributed by atoms with van der Waals surface area (Å²) in [4.78, 5) is 0.131. The van der Waals surface area contributed by atoms with Gasteiger partial charge < -0.3 is 5.73 Å². The molecular weight excluding hydrogens is 276 g/mol. The maximum absolute atomic E-state index is 12.3. The molecule has 0 amide bonds. The van der Waals surface area contributed by atoms with Gasteiger partial charge in [0.05, 0.1) is 18.4 Å². The molecular formula is C13H18N4O2S. The first kappa shape index (κ1) is 14.5. The van der Waals surface area contributed by atoms with Gasteiger partial charge in [-0.05, 0) is 31.0 Å². The van der Waals surface area contributed by atoms with Crippen LogP contribution in [0.4, 0.5) is 5.69 Å². The number of hydrogen-bond acceptors (Lipinski definition) is 4. The van der Waals surface area contributed by atoms with Crippen LogP contribution in [0.3, 0.4) is 0 Å². The summed E-state index contributed by atoms with van der Waals surface area (Å²) in [6.07, 6.45) is 2.80. The highest BCUT2D eigenvalue weighted by Crippen LogP contribution is 2.20. The summed E-state index contributed by atoms with van der Waals surface area (Å²) >= 11 is 0. The molecule has 108 valence electrons. The molecule has 7 heteroatoms. The molecule has 20 heavy (non-hydrogen) atoms. The monoisotopic (exact) mass is 294 g/mol. The molecule has 2 aromatic rings. The van der Waals surface area contributed by atoms with E-state index < -0.39 is 10.0 Å². The summed E-state index contributed by atoms with van der Waals surface area (Å²) in [5.74, 6) is 0. The van der Waals surface area contributed by atoms with Crippen LogP contribution in [-0.2, 0) is 16.6 Å². The number of nitrogens with two attached hydrogens (primary N) is 1. The molecule has 6 nitrogen and oxygen atoms in total. The predicted molar refractivity (Wildman–Crippen MR) is 78.0 cm³/mol. The lowest BCUT2D eigenvalue weighted by molar-refractivity contribution is 0.599. The standard InChI is InChI=1S/C13H18N4O2S/c1-10-3-4-11(2)13(7-10)16-20(18,19)12-8-15-17(9-12)6-5-14/h3-4,7-9,16H,5-6,14H2,1-2H3. The van der Waals surface area contributed by atoms with Crippen LogP contribution in [0.2, 0.25) is 0 Å². The summed E-state index contributed by atoms with van der Waals surface area (Å²) < 4.78 is 28.7. The highest BCUT2D eigenvalue weighted by Gasteiger charge is 2.17. The van der Waals surface area contributed by atoms with Gasteiger partial charge in [0.2, 0.25) is 0 Å². The summed E-state index contributed by atoms with van der Waals surface area (Å²) in [6, 6.07) is 5.62. The van der Waals surface area contributed by atoms with E-state index in [1.54, 1.807) is 6.07 Å². The van der Waals surface area contributed by atoms with Gasteiger partial charge in [-0.1, -0.05) is 12.1 Å². The molecule has 0 atom stereocenters. The molecule has 0 aliphatic rings. The molecule has 2 rings (SSSR count). The van der Waals surface area contributed by atoms with E-state index in [9.17, 15) is 8.42 Å². The number of nitrogens with one attached hydrogen (secondary N) is 1. The second-order valence-electron chi connectivity index (χ2n) is 4.65. The van der Waals surface area contributed by atoms with E-state index in [0.29, 0.717) is 18.8 Å². The number of rotatable bonds is 5. The zero-order valence-electron chi connectivity index (χ0n) is 11.5. The maximum Gasteiger partial charge on any atom is 0.265 e. The maximum atomic E-state index is 12.3.